The highest BCUT2D eigenvalue weighted by Gasteiger charge is 2.20. The van der Waals surface area contributed by atoms with Crippen LogP contribution in [-0.2, 0) is 0 Å². The third kappa shape index (κ3) is 1.70. The summed E-state index contributed by atoms with van der Waals surface area (Å²) < 4.78 is 4.58. The van der Waals surface area contributed by atoms with Gasteiger partial charge in [0.1, 0.15) is 11.8 Å². The molecule has 0 fully saturated rings. The van der Waals surface area contributed by atoms with E-state index >= 15 is 0 Å². The van der Waals surface area contributed by atoms with E-state index < -0.39 is 5.91 Å². The molecular weight excluding hydrogens is 208 g/mol. The Bertz CT molecular complexity index is 531. The average molecular weight is 216 g/mol. The third-order valence-electron chi connectivity index (χ3n) is 2.09. The summed E-state index contributed by atoms with van der Waals surface area (Å²) in [4.78, 5) is 22.9. The van der Waals surface area contributed by atoms with Crippen LogP contribution in [0, 0.1) is 0 Å². The third-order valence-corrected chi connectivity index (χ3v) is 2.09. The number of hydrogen-bond acceptors (Lipinski definition) is 4. The Labute approximate surface area is 90.8 Å². The first-order valence-electron chi connectivity index (χ1n) is 4.54. The molecule has 0 spiro atoms. The van der Waals surface area contributed by atoms with Crippen LogP contribution in [0.4, 0.5) is 0 Å². The van der Waals surface area contributed by atoms with E-state index in [2.05, 4.69) is 9.68 Å². The fourth-order valence-electron chi connectivity index (χ4n) is 1.30. The van der Waals surface area contributed by atoms with E-state index in [1.807, 2.05) is 0 Å². The molecule has 0 unspecified atom stereocenters. The van der Waals surface area contributed by atoms with Gasteiger partial charge in [0.2, 0.25) is 5.78 Å². The Balaban J connectivity index is 2.42. The second kappa shape index (κ2) is 3.98. The van der Waals surface area contributed by atoms with Gasteiger partial charge in [-0.15, -0.1) is 0 Å². The van der Waals surface area contributed by atoms with E-state index in [1.54, 1.807) is 30.3 Å². The van der Waals surface area contributed by atoms with Crippen molar-refractivity contribution in [3.05, 3.63) is 53.4 Å². The van der Waals surface area contributed by atoms with Gasteiger partial charge in [-0.1, -0.05) is 35.5 Å². The lowest BCUT2D eigenvalue weighted by atomic mass is 10.1. The number of aromatic nitrogens is 1. The number of carbonyl (C=O) groups is 2. The Kier molecular flexibility index (Phi) is 2.51. The lowest BCUT2D eigenvalue weighted by Crippen LogP contribution is -2.15. The molecule has 0 saturated heterocycles. The summed E-state index contributed by atoms with van der Waals surface area (Å²) in [7, 11) is 0. The molecule has 1 heterocycles. The van der Waals surface area contributed by atoms with Crippen molar-refractivity contribution in [2.75, 3.05) is 0 Å². The van der Waals surface area contributed by atoms with Crippen LogP contribution in [0.1, 0.15) is 26.4 Å². The largest absolute Gasteiger partial charge is 0.365 e. The summed E-state index contributed by atoms with van der Waals surface area (Å²) in [5.41, 5.74) is 5.45. The van der Waals surface area contributed by atoms with E-state index in [1.165, 1.54) is 0 Å². The molecule has 1 amide bonds. The maximum atomic E-state index is 11.9. The summed E-state index contributed by atoms with van der Waals surface area (Å²) in [5.74, 6) is -1.12. The van der Waals surface area contributed by atoms with Gasteiger partial charge in [-0.3, -0.25) is 9.59 Å². The minimum atomic E-state index is -0.736. The molecular formula is C11H8N2O3. The van der Waals surface area contributed by atoms with E-state index in [0.717, 1.165) is 6.26 Å². The molecule has 2 aromatic rings. The molecule has 0 aliphatic carbocycles. The van der Waals surface area contributed by atoms with E-state index in [-0.39, 0.29) is 17.0 Å². The lowest BCUT2D eigenvalue weighted by molar-refractivity contribution is 0.0980. The van der Waals surface area contributed by atoms with Crippen LogP contribution < -0.4 is 5.73 Å². The topological polar surface area (TPSA) is 86.2 Å². The van der Waals surface area contributed by atoms with Crippen molar-refractivity contribution in [2.45, 2.75) is 0 Å². The molecule has 0 aliphatic heterocycles. The van der Waals surface area contributed by atoms with Gasteiger partial charge in [0.25, 0.3) is 5.91 Å². The average Bonchev–Trinajstić information content (AvgIpc) is 2.78. The molecule has 1 aromatic carbocycles. The molecule has 5 heteroatoms. The van der Waals surface area contributed by atoms with Gasteiger partial charge in [0.15, 0.2) is 5.69 Å². The van der Waals surface area contributed by atoms with Crippen LogP contribution in [0.2, 0.25) is 0 Å². The summed E-state index contributed by atoms with van der Waals surface area (Å²) >= 11 is 0. The number of nitrogens with two attached hydrogens (primary N) is 1. The molecule has 1 aromatic heterocycles. The standard InChI is InChI=1S/C11H8N2O3/c12-11(15)8-6-16-13-9(8)10(14)7-4-2-1-3-5-7/h1-6H,(H2,12,15). The minimum absolute atomic E-state index is 0.00569. The quantitative estimate of drug-likeness (QED) is 0.775. The van der Waals surface area contributed by atoms with Crippen LogP contribution >= 0.6 is 0 Å². The number of rotatable bonds is 3. The molecule has 2 N–H and O–H groups in total. The molecule has 5 nitrogen and oxygen atoms in total. The highest BCUT2D eigenvalue weighted by molar-refractivity contribution is 6.13. The zero-order valence-corrected chi connectivity index (χ0v) is 8.21. The van der Waals surface area contributed by atoms with Crippen molar-refractivity contribution in [1.29, 1.82) is 0 Å². The van der Waals surface area contributed by atoms with Crippen molar-refractivity contribution in [2.24, 2.45) is 5.73 Å². The smallest absolute Gasteiger partial charge is 0.254 e. The van der Waals surface area contributed by atoms with Crippen LogP contribution in [0.3, 0.4) is 0 Å². The number of carbonyl (C=O) groups excluding carboxylic acids is 2. The van der Waals surface area contributed by atoms with Gasteiger partial charge in [0, 0.05) is 5.56 Å². The predicted octanol–water partition coefficient (Wildman–Crippen LogP) is 1.00. The number of ketones is 1. The van der Waals surface area contributed by atoms with Gasteiger partial charge in [-0.25, -0.2) is 0 Å². The van der Waals surface area contributed by atoms with Crippen molar-refractivity contribution in [3.8, 4) is 0 Å². The Morgan fingerprint density at radius 1 is 1.19 bits per heavy atom. The van der Waals surface area contributed by atoms with Crippen LogP contribution in [0.25, 0.3) is 0 Å². The van der Waals surface area contributed by atoms with Gasteiger partial charge in [-0.05, 0) is 0 Å². The fraction of sp³-hybridized carbons (Fsp3) is 0. The molecule has 2 rings (SSSR count). The SMILES string of the molecule is NC(=O)c1conc1C(=O)c1ccccc1. The van der Waals surface area contributed by atoms with Crippen molar-refractivity contribution in [3.63, 3.8) is 0 Å². The van der Waals surface area contributed by atoms with Gasteiger partial charge < -0.3 is 10.3 Å². The predicted molar refractivity (Wildman–Crippen MR) is 54.9 cm³/mol. The number of benzene rings is 1. The van der Waals surface area contributed by atoms with Crippen molar-refractivity contribution in [1.82, 2.24) is 5.16 Å². The zero-order chi connectivity index (χ0) is 11.5. The lowest BCUT2D eigenvalue weighted by Gasteiger charge is -1.97. The first-order valence-corrected chi connectivity index (χ1v) is 4.54. The first kappa shape index (κ1) is 10.1. The molecule has 0 atom stereocenters. The van der Waals surface area contributed by atoms with Gasteiger partial charge >= 0.3 is 0 Å². The maximum Gasteiger partial charge on any atom is 0.254 e. The van der Waals surface area contributed by atoms with Crippen molar-refractivity contribution >= 4 is 11.7 Å². The summed E-state index contributed by atoms with van der Waals surface area (Å²) in [6.07, 6.45) is 1.07. The number of nitrogens with zero attached hydrogens (tertiary/aromatic N) is 1. The number of primary amides is 1. The summed E-state index contributed by atoms with van der Waals surface area (Å²) in [6.45, 7) is 0. The number of hydrogen-bond donors (Lipinski definition) is 1. The zero-order valence-electron chi connectivity index (χ0n) is 8.21. The van der Waals surface area contributed by atoms with E-state index in [4.69, 9.17) is 5.73 Å². The highest BCUT2D eigenvalue weighted by Crippen LogP contribution is 2.12. The minimum Gasteiger partial charge on any atom is -0.365 e. The molecule has 0 aliphatic rings. The van der Waals surface area contributed by atoms with Gasteiger partial charge in [-0.2, -0.15) is 0 Å². The number of amides is 1. The second-order valence-electron chi connectivity index (χ2n) is 3.14. The van der Waals surface area contributed by atoms with E-state index in [9.17, 15) is 9.59 Å². The Morgan fingerprint density at radius 2 is 1.88 bits per heavy atom. The summed E-state index contributed by atoms with van der Waals surface area (Å²) in [5, 5.41) is 3.49. The monoisotopic (exact) mass is 216 g/mol. The van der Waals surface area contributed by atoms with Crippen LogP contribution in [0.5, 0.6) is 0 Å². The van der Waals surface area contributed by atoms with Gasteiger partial charge in [0.05, 0.1) is 0 Å². The molecule has 0 bridgehead atoms. The fourth-order valence-corrected chi connectivity index (χ4v) is 1.30. The molecule has 0 radical (unpaired) electrons. The summed E-state index contributed by atoms with van der Waals surface area (Å²) in [6, 6.07) is 8.48. The maximum absolute atomic E-state index is 11.9. The molecule has 16 heavy (non-hydrogen) atoms. The first-order chi connectivity index (χ1) is 7.70. The molecule has 80 valence electrons. The normalized spacial score (nSPS) is 10.0. The van der Waals surface area contributed by atoms with Crippen molar-refractivity contribution < 1.29 is 14.1 Å². The Hall–Kier alpha value is -2.43. The van der Waals surface area contributed by atoms with Crippen LogP contribution in [-0.4, -0.2) is 16.8 Å². The van der Waals surface area contributed by atoms with E-state index in [0.29, 0.717) is 5.56 Å². The Morgan fingerprint density at radius 3 is 2.50 bits per heavy atom. The second-order valence-corrected chi connectivity index (χ2v) is 3.14. The highest BCUT2D eigenvalue weighted by atomic mass is 16.5. The van der Waals surface area contributed by atoms with Crippen LogP contribution in [0.15, 0.2) is 41.1 Å². The molecule has 0 saturated carbocycles.